The number of phosphoric ester groups is 1. The third-order valence-electron chi connectivity index (χ3n) is 10.1. The minimum absolute atomic E-state index is 0.0119. The molecule has 2 aliphatic carbocycles. The summed E-state index contributed by atoms with van der Waals surface area (Å²) in [5.41, 5.74) is 3.82. The van der Waals surface area contributed by atoms with Crippen molar-refractivity contribution in [3.63, 3.8) is 0 Å². The fourth-order valence-electron chi connectivity index (χ4n) is 6.71. The second-order valence-corrected chi connectivity index (χ2v) is 23.2. The first-order chi connectivity index (χ1) is 22.9. The predicted molar refractivity (Wildman–Crippen MR) is 181 cm³/mol. The van der Waals surface area contributed by atoms with Crippen LogP contribution in [0, 0.1) is 5.92 Å². The Balaban J connectivity index is 1.26. The molecule has 4 aliphatic rings. The van der Waals surface area contributed by atoms with E-state index in [0.717, 1.165) is 0 Å². The van der Waals surface area contributed by atoms with Crippen molar-refractivity contribution < 1.29 is 41.6 Å². The Hall–Kier alpha value is -2.19. The van der Waals surface area contributed by atoms with Gasteiger partial charge in [-0.15, -0.1) is 0 Å². The molecule has 0 bridgehead atoms. The number of nitrogens with zero attached hydrogens (tertiary/aromatic N) is 5. The number of fused-ring (bicyclic) bond motifs is 3. The summed E-state index contributed by atoms with van der Waals surface area (Å²) in [5, 5.41) is 2.98. The number of aromatic amines is 1. The maximum Gasteiger partial charge on any atom is 0.472 e. The number of aromatic nitrogens is 6. The number of hydrogen-bond donors (Lipinski definition) is 5. The number of imidazole rings is 1. The fraction of sp³-hybridized carbons (Fsp3) is 0.667. The van der Waals surface area contributed by atoms with Gasteiger partial charge >= 0.3 is 14.5 Å². The van der Waals surface area contributed by atoms with Crippen LogP contribution in [0.5, 0.6) is 0 Å². The van der Waals surface area contributed by atoms with Crippen molar-refractivity contribution in [2.45, 2.75) is 100 Å². The lowest BCUT2D eigenvalue weighted by atomic mass is 10.0. The minimum Gasteiger partial charge on any atom is -0.403 e. The van der Waals surface area contributed by atoms with Gasteiger partial charge < -0.3 is 34.5 Å². The molecule has 0 amide bonds. The minimum atomic E-state index is -4.76. The van der Waals surface area contributed by atoms with Gasteiger partial charge in [-0.05, 0) is 61.2 Å². The lowest BCUT2D eigenvalue weighted by molar-refractivity contribution is -0.0847. The quantitative estimate of drug-likeness (QED) is 0.186. The Kier molecular flexibility index (Phi) is 8.77. The zero-order valence-electron chi connectivity index (χ0n) is 27.5. The van der Waals surface area contributed by atoms with Crippen molar-refractivity contribution in [1.29, 1.82) is 0 Å². The summed E-state index contributed by atoms with van der Waals surface area (Å²) >= 11 is 5.55. The Morgan fingerprint density at radius 3 is 2.67 bits per heavy atom. The van der Waals surface area contributed by atoms with Crippen molar-refractivity contribution in [1.82, 2.24) is 29.5 Å². The van der Waals surface area contributed by atoms with Crippen LogP contribution in [0.3, 0.4) is 0 Å². The van der Waals surface area contributed by atoms with E-state index in [9.17, 15) is 19.1 Å². The highest BCUT2D eigenvalue weighted by molar-refractivity contribution is 8.07. The molecule has 2 saturated heterocycles. The molecule has 49 heavy (non-hydrogen) atoms. The maximum atomic E-state index is 13.8. The summed E-state index contributed by atoms with van der Waals surface area (Å²) in [6.07, 6.45) is 0.357. The van der Waals surface area contributed by atoms with E-state index in [-0.39, 0.29) is 40.7 Å². The van der Waals surface area contributed by atoms with Gasteiger partial charge in [0.25, 0.3) is 5.56 Å². The van der Waals surface area contributed by atoms with Crippen LogP contribution in [-0.2, 0) is 43.6 Å². The fourth-order valence-corrected chi connectivity index (χ4v) is 10.9. The maximum absolute atomic E-state index is 13.8. The van der Waals surface area contributed by atoms with Crippen LogP contribution in [-0.4, -0.2) is 90.3 Å². The monoisotopic (exact) mass is 758 g/mol. The topological polar surface area (TPSA) is 240 Å². The molecule has 0 radical (unpaired) electrons. The second kappa shape index (κ2) is 12.2. The molecule has 22 heteroatoms. The van der Waals surface area contributed by atoms with Gasteiger partial charge in [-0.1, -0.05) is 20.8 Å². The largest absolute Gasteiger partial charge is 0.472 e. The SMILES string of the molecule is CC(C)(C)[Si](C)(C)OC12[C@@H]3O[C@@H](n4cnc5c(=O)[nH]c(N)nc54)[C@@H]1OP(O)(=S)OCC[C@H]1C[C@@H](Nc4ccncn4)C[C@@H]1OP(=O)(O)O[C@@H]32. The number of phosphoric acid groups is 1. The van der Waals surface area contributed by atoms with Crippen LogP contribution in [0.2, 0.25) is 18.1 Å². The number of anilines is 2. The van der Waals surface area contributed by atoms with E-state index < -0.39 is 64.7 Å². The Bertz CT molecular complexity index is 1900. The molecule has 3 aromatic heterocycles. The highest BCUT2D eigenvalue weighted by Crippen LogP contribution is 2.68. The van der Waals surface area contributed by atoms with Gasteiger partial charge in [-0.3, -0.25) is 27.9 Å². The number of H-pyrrole nitrogens is 1. The molecule has 2 aliphatic heterocycles. The van der Waals surface area contributed by atoms with E-state index in [1.54, 1.807) is 12.3 Å². The van der Waals surface area contributed by atoms with Crippen LogP contribution >= 0.6 is 14.5 Å². The van der Waals surface area contributed by atoms with Crippen molar-refractivity contribution in [3.05, 3.63) is 35.3 Å². The molecule has 3 aromatic rings. The smallest absolute Gasteiger partial charge is 0.403 e. The summed E-state index contributed by atoms with van der Waals surface area (Å²) in [4.78, 5) is 54.4. The highest BCUT2D eigenvalue weighted by Gasteiger charge is 2.83. The molecular weight excluding hydrogens is 718 g/mol. The summed E-state index contributed by atoms with van der Waals surface area (Å²) in [5.74, 6) is 0.189. The zero-order valence-corrected chi connectivity index (χ0v) is 31.1. The van der Waals surface area contributed by atoms with Gasteiger partial charge in [-0.2, -0.15) is 4.98 Å². The molecule has 10 atom stereocenters. The van der Waals surface area contributed by atoms with Crippen molar-refractivity contribution >= 4 is 57.6 Å². The van der Waals surface area contributed by atoms with E-state index in [4.69, 9.17) is 44.8 Å². The molecule has 2 saturated carbocycles. The number of hydrogen-bond acceptors (Lipinski definition) is 15. The van der Waals surface area contributed by atoms with Gasteiger partial charge in [0.05, 0.1) is 19.0 Å². The zero-order chi connectivity index (χ0) is 35.1. The average Bonchev–Trinajstić information content (AvgIpc) is 3.34. The van der Waals surface area contributed by atoms with Crippen LogP contribution in [0.15, 0.2) is 29.7 Å². The number of nitrogens with two attached hydrogens (primary N) is 1. The van der Waals surface area contributed by atoms with Gasteiger partial charge in [0.2, 0.25) is 5.95 Å². The van der Waals surface area contributed by atoms with Crippen LogP contribution in [0.25, 0.3) is 11.2 Å². The van der Waals surface area contributed by atoms with Gasteiger partial charge in [0, 0.05) is 12.2 Å². The second-order valence-electron chi connectivity index (χ2n) is 14.4. The van der Waals surface area contributed by atoms with E-state index in [0.29, 0.717) is 25.1 Å². The third-order valence-corrected chi connectivity index (χ3v) is 17.2. The molecule has 5 heterocycles. The predicted octanol–water partition coefficient (Wildman–Crippen LogP) is 2.95. The Morgan fingerprint density at radius 1 is 1.18 bits per heavy atom. The average molecular weight is 759 g/mol. The number of nitrogen functional groups attached to an aromatic ring is 1. The molecule has 6 N–H and O–H groups in total. The summed E-state index contributed by atoms with van der Waals surface area (Å²) < 4.78 is 52.7. The number of nitrogens with one attached hydrogen (secondary N) is 2. The molecule has 7 rings (SSSR count). The molecule has 0 spiro atoms. The highest BCUT2D eigenvalue weighted by atomic mass is 32.5. The van der Waals surface area contributed by atoms with Crippen molar-refractivity contribution in [2.24, 2.45) is 5.92 Å². The molecule has 18 nitrogen and oxygen atoms in total. The standard InChI is InChI=1S/C27H40N8O10P2SSi/c1-26(2,3)49(4,5)45-27-19-20(27)43-46(37,38)42-16-11-15(32-17-6-8-29-12-30-17)10-14(16)7-9-40-47(39,48)44-21(27)24(41-19)35-13-31-18-22(35)33-25(28)34-23(18)36/h6,8,12-16,19-21,24H,7,9-11H2,1-5H3,(H,37,38)(H,39,48)(H,29,30,32)(H3,28,33,34,36)/t14-,15+,16-,19+,20-,21-,24+,27?,47?/m0/s1. The van der Waals surface area contributed by atoms with Gasteiger partial charge in [0.1, 0.15) is 36.1 Å². The lowest BCUT2D eigenvalue weighted by Gasteiger charge is -2.42. The molecular formula is C27H40N8O10P2SSi. The van der Waals surface area contributed by atoms with E-state index in [1.165, 1.54) is 17.2 Å². The number of ether oxygens (including phenoxy) is 1. The van der Waals surface area contributed by atoms with Gasteiger partial charge in [-0.25, -0.2) is 19.5 Å². The Labute approximate surface area is 287 Å². The van der Waals surface area contributed by atoms with Gasteiger partial charge in [0.15, 0.2) is 25.7 Å². The molecule has 3 unspecified atom stereocenters. The van der Waals surface area contributed by atoms with Crippen LogP contribution in [0.4, 0.5) is 11.8 Å². The first-order valence-corrected chi connectivity index (χ1v) is 22.8. The first-order valence-electron chi connectivity index (χ1n) is 15.8. The first kappa shape index (κ1) is 35.2. The van der Waals surface area contributed by atoms with E-state index in [1.807, 2.05) is 33.9 Å². The van der Waals surface area contributed by atoms with E-state index >= 15 is 0 Å². The number of rotatable bonds is 5. The normalized spacial score (nSPS) is 38.2. The summed E-state index contributed by atoms with van der Waals surface area (Å²) in [7, 11) is -7.50. The molecule has 4 fully saturated rings. The van der Waals surface area contributed by atoms with Crippen LogP contribution in [0.1, 0.15) is 46.3 Å². The lowest BCUT2D eigenvalue weighted by Crippen LogP contribution is -2.51. The summed E-state index contributed by atoms with van der Waals surface area (Å²) in [6, 6.07) is 1.58. The molecule has 268 valence electrons. The van der Waals surface area contributed by atoms with Crippen LogP contribution < -0.4 is 16.6 Å². The Morgan fingerprint density at radius 2 is 1.96 bits per heavy atom. The molecule has 0 aromatic carbocycles. The van der Waals surface area contributed by atoms with Crippen molar-refractivity contribution in [2.75, 3.05) is 17.7 Å². The summed E-state index contributed by atoms with van der Waals surface area (Å²) in [6.45, 7) is 6.02. The van der Waals surface area contributed by atoms with Crippen molar-refractivity contribution in [3.8, 4) is 0 Å². The van der Waals surface area contributed by atoms with E-state index in [2.05, 4.69) is 30.2 Å². The third kappa shape index (κ3) is 6.55.